The number of fused-ring (bicyclic) bond motifs is 1. The highest BCUT2D eigenvalue weighted by atomic mass is 32.1. The molecule has 3 aromatic rings. The Morgan fingerprint density at radius 1 is 1.23 bits per heavy atom. The topological polar surface area (TPSA) is 109 Å². The maximum Gasteiger partial charge on any atom is 0.257 e. The smallest absolute Gasteiger partial charge is 0.257 e. The highest BCUT2D eigenvalue weighted by Crippen LogP contribution is 2.52. The Morgan fingerprint density at radius 2 is 1.94 bits per heavy atom. The summed E-state index contributed by atoms with van der Waals surface area (Å²) in [6.07, 6.45) is -1.66. The van der Waals surface area contributed by atoms with Gasteiger partial charge in [-0.25, -0.2) is 13.2 Å². The Hall–Kier alpha value is -3.25. The molecule has 1 aliphatic heterocycles. The summed E-state index contributed by atoms with van der Waals surface area (Å²) in [5, 5.41) is 24.1. The second-order valence-corrected chi connectivity index (χ2v) is 9.81. The van der Waals surface area contributed by atoms with Gasteiger partial charge in [0.1, 0.15) is 21.9 Å². The molecule has 2 amide bonds. The number of alkyl halides is 2. The highest BCUT2D eigenvalue weighted by Gasteiger charge is 2.60. The summed E-state index contributed by atoms with van der Waals surface area (Å²) in [5.74, 6) is -4.68. The summed E-state index contributed by atoms with van der Waals surface area (Å²) >= 11 is 1.06. The SMILES string of the molecule is Cc1c(C(=O)Nc2ccc(F)cc2)c2n(c1C(O)C(=O)NC1(c3nncs3)CC(F)(F)C1)CCC2. The molecule has 1 aliphatic carbocycles. The van der Waals surface area contributed by atoms with Crippen molar-refractivity contribution in [2.75, 3.05) is 5.32 Å². The molecule has 1 atom stereocenters. The molecule has 1 unspecified atom stereocenters. The molecule has 0 saturated heterocycles. The van der Waals surface area contributed by atoms with Crippen molar-refractivity contribution in [3.63, 3.8) is 0 Å². The van der Waals surface area contributed by atoms with Crippen LogP contribution in [0.5, 0.6) is 0 Å². The predicted molar refractivity (Wildman–Crippen MR) is 121 cm³/mol. The van der Waals surface area contributed by atoms with E-state index < -0.39 is 48.0 Å². The second-order valence-electron chi connectivity index (χ2n) is 8.98. The lowest BCUT2D eigenvalue weighted by atomic mass is 9.73. The summed E-state index contributed by atoms with van der Waals surface area (Å²) < 4.78 is 42.6. The molecule has 0 radical (unpaired) electrons. The van der Waals surface area contributed by atoms with Crippen LogP contribution in [0.25, 0.3) is 0 Å². The number of aliphatic hydroxyl groups excluding tert-OH is 1. The zero-order valence-electron chi connectivity index (χ0n) is 18.6. The van der Waals surface area contributed by atoms with Gasteiger partial charge in [0, 0.05) is 30.8 Å². The third-order valence-electron chi connectivity index (χ3n) is 6.55. The van der Waals surface area contributed by atoms with Gasteiger partial charge in [0.2, 0.25) is 0 Å². The van der Waals surface area contributed by atoms with Gasteiger partial charge in [0.25, 0.3) is 17.7 Å². The van der Waals surface area contributed by atoms with Crippen LogP contribution in [0, 0.1) is 12.7 Å². The van der Waals surface area contributed by atoms with Gasteiger partial charge in [0.05, 0.1) is 11.3 Å². The third kappa shape index (κ3) is 4.10. The number of aromatic nitrogens is 3. The van der Waals surface area contributed by atoms with Crippen LogP contribution in [0.2, 0.25) is 0 Å². The van der Waals surface area contributed by atoms with Crippen molar-refractivity contribution in [3.8, 4) is 0 Å². The van der Waals surface area contributed by atoms with Gasteiger partial charge in [-0.15, -0.1) is 21.5 Å². The van der Waals surface area contributed by atoms with Crippen LogP contribution in [0.1, 0.15) is 57.7 Å². The summed E-state index contributed by atoms with van der Waals surface area (Å²) in [6, 6.07) is 5.32. The Kier molecular flexibility index (Phi) is 5.67. The van der Waals surface area contributed by atoms with E-state index >= 15 is 0 Å². The molecular weight excluding hydrogens is 483 g/mol. The highest BCUT2D eigenvalue weighted by molar-refractivity contribution is 7.09. The van der Waals surface area contributed by atoms with E-state index in [1.807, 2.05) is 0 Å². The average Bonchev–Trinajstić information content (AvgIpc) is 3.51. The van der Waals surface area contributed by atoms with Crippen LogP contribution in [0.15, 0.2) is 29.8 Å². The van der Waals surface area contributed by atoms with Gasteiger partial charge in [-0.05, 0) is 49.6 Å². The summed E-state index contributed by atoms with van der Waals surface area (Å²) in [5.41, 5.74) is 2.08. The van der Waals surface area contributed by atoms with E-state index in [0.717, 1.165) is 11.3 Å². The van der Waals surface area contributed by atoms with Gasteiger partial charge >= 0.3 is 0 Å². The number of carbonyl (C=O) groups excluding carboxylic acids is 2. The molecule has 0 bridgehead atoms. The predicted octanol–water partition coefficient (Wildman–Crippen LogP) is 3.46. The molecule has 35 heavy (non-hydrogen) atoms. The number of halogens is 3. The fourth-order valence-corrected chi connectivity index (χ4v) is 5.77. The number of carbonyl (C=O) groups is 2. The average molecular weight is 506 g/mol. The molecule has 1 saturated carbocycles. The monoisotopic (exact) mass is 505 g/mol. The number of rotatable bonds is 6. The van der Waals surface area contributed by atoms with Crippen LogP contribution in [-0.2, 0) is 23.3 Å². The zero-order chi connectivity index (χ0) is 25.0. The van der Waals surface area contributed by atoms with E-state index in [9.17, 15) is 27.9 Å². The number of benzene rings is 1. The first-order valence-electron chi connectivity index (χ1n) is 11.0. The Labute approximate surface area is 202 Å². The van der Waals surface area contributed by atoms with Crippen LogP contribution < -0.4 is 10.6 Å². The summed E-state index contributed by atoms with van der Waals surface area (Å²) in [7, 11) is 0. The molecule has 0 spiro atoms. The maximum absolute atomic E-state index is 13.8. The van der Waals surface area contributed by atoms with E-state index in [1.54, 1.807) is 11.5 Å². The maximum atomic E-state index is 13.8. The molecule has 3 N–H and O–H groups in total. The lowest BCUT2D eigenvalue weighted by Crippen LogP contribution is -2.60. The number of hydrogen-bond donors (Lipinski definition) is 3. The first kappa shape index (κ1) is 23.5. The van der Waals surface area contributed by atoms with Crippen molar-refractivity contribution in [2.24, 2.45) is 0 Å². The first-order valence-corrected chi connectivity index (χ1v) is 11.9. The quantitative estimate of drug-likeness (QED) is 0.476. The number of nitrogens with zero attached hydrogens (tertiary/aromatic N) is 3. The van der Waals surface area contributed by atoms with Gasteiger partial charge in [-0.2, -0.15) is 0 Å². The molecule has 12 heteroatoms. The Bertz CT molecular complexity index is 1280. The molecule has 2 aromatic heterocycles. The normalized spacial score (nSPS) is 18.4. The van der Waals surface area contributed by atoms with Gasteiger partial charge in [-0.1, -0.05) is 0 Å². The molecule has 2 aliphatic rings. The fourth-order valence-electron chi connectivity index (χ4n) is 5.06. The lowest BCUT2D eigenvalue weighted by Gasteiger charge is -2.46. The molecule has 184 valence electrons. The van der Waals surface area contributed by atoms with Crippen molar-refractivity contribution in [1.82, 2.24) is 20.1 Å². The first-order chi connectivity index (χ1) is 16.6. The van der Waals surface area contributed by atoms with Crippen molar-refractivity contribution >= 4 is 28.8 Å². The number of aliphatic hydroxyl groups is 1. The number of nitrogens with one attached hydrogen (secondary N) is 2. The minimum Gasteiger partial charge on any atom is -0.377 e. The molecule has 3 heterocycles. The molecule has 5 rings (SSSR count). The van der Waals surface area contributed by atoms with Gasteiger partial charge < -0.3 is 20.3 Å². The Morgan fingerprint density at radius 3 is 2.57 bits per heavy atom. The van der Waals surface area contributed by atoms with E-state index in [0.29, 0.717) is 41.9 Å². The molecule has 1 fully saturated rings. The Balaban J connectivity index is 1.42. The van der Waals surface area contributed by atoms with Crippen molar-refractivity contribution in [1.29, 1.82) is 0 Å². The molecular formula is C23H22F3N5O3S. The van der Waals surface area contributed by atoms with E-state index in [4.69, 9.17) is 0 Å². The minimum absolute atomic E-state index is 0.248. The van der Waals surface area contributed by atoms with Crippen LogP contribution >= 0.6 is 11.3 Å². The summed E-state index contributed by atoms with van der Waals surface area (Å²) in [6.45, 7) is 2.13. The number of amides is 2. The van der Waals surface area contributed by atoms with Crippen molar-refractivity contribution < 1.29 is 27.9 Å². The van der Waals surface area contributed by atoms with E-state index in [-0.39, 0.29) is 10.7 Å². The zero-order valence-corrected chi connectivity index (χ0v) is 19.5. The van der Waals surface area contributed by atoms with Crippen molar-refractivity contribution in [2.45, 2.75) is 56.7 Å². The largest absolute Gasteiger partial charge is 0.377 e. The van der Waals surface area contributed by atoms with E-state index in [1.165, 1.54) is 29.8 Å². The number of anilines is 1. The van der Waals surface area contributed by atoms with E-state index in [2.05, 4.69) is 20.8 Å². The molecule has 8 nitrogen and oxygen atoms in total. The van der Waals surface area contributed by atoms with Crippen LogP contribution in [-0.4, -0.2) is 37.6 Å². The van der Waals surface area contributed by atoms with Crippen LogP contribution in [0.4, 0.5) is 18.9 Å². The second kappa shape index (κ2) is 8.45. The lowest BCUT2D eigenvalue weighted by molar-refractivity contribution is -0.155. The minimum atomic E-state index is -2.96. The fraction of sp³-hybridized carbons (Fsp3) is 0.391. The van der Waals surface area contributed by atoms with Crippen LogP contribution in [0.3, 0.4) is 0 Å². The number of hydrogen-bond acceptors (Lipinski definition) is 6. The van der Waals surface area contributed by atoms with Gasteiger partial charge in [0.15, 0.2) is 6.10 Å². The van der Waals surface area contributed by atoms with Crippen molar-refractivity contribution in [3.05, 3.63) is 63.1 Å². The van der Waals surface area contributed by atoms with Gasteiger partial charge in [-0.3, -0.25) is 9.59 Å². The standard InChI is InChI=1S/C23H22F3N5O3S/c1-12-16(19(33)28-14-6-4-13(24)5-7-14)15-3-2-8-31(15)17(12)18(32)20(34)29-22(9-23(25,26)10-22)21-30-27-11-35-21/h4-7,11,18,32H,2-3,8-10H2,1H3,(H,28,33)(H,29,34). The third-order valence-corrected chi connectivity index (χ3v) is 7.44. The molecule has 1 aromatic carbocycles. The summed E-state index contributed by atoms with van der Waals surface area (Å²) in [4.78, 5) is 26.2.